The first-order chi connectivity index (χ1) is 13.4. The Kier molecular flexibility index (Phi) is 8.06. The molecule has 0 fully saturated rings. The lowest BCUT2D eigenvalue weighted by molar-refractivity contribution is -0.113. The quantitative estimate of drug-likeness (QED) is 0.523. The van der Waals surface area contributed by atoms with Gasteiger partial charge in [-0.15, -0.1) is 0 Å². The summed E-state index contributed by atoms with van der Waals surface area (Å²) >= 11 is 0. The summed E-state index contributed by atoms with van der Waals surface area (Å²) in [6.07, 6.45) is 3.83. The maximum Gasteiger partial charge on any atom is 0.319 e. The van der Waals surface area contributed by atoms with Crippen molar-refractivity contribution in [3.05, 3.63) is 48.4 Å². The molecule has 1 aromatic heterocycles. The van der Waals surface area contributed by atoms with Gasteiger partial charge in [0, 0.05) is 11.4 Å². The number of unbranched alkanes of at least 4 members (excludes halogenated alkanes) is 2. The maximum absolute atomic E-state index is 11.9. The van der Waals surface area contributed by atoms with E-state index in [0.717, 1.165) is 12.8 Å². The van der Waals surface area contributed by atoms with E-state index in [1.807, 2.05) is 6.92 Å². The average molecular weight is 407 g/mol. The van der Waals surface area contributed by atoms with E-state index >= 15 is 0 Å². The number of hydrogen-bond acceptors (Lipinski definition) is 5. The predicted molar refractivity (Wildman–Crippen MR) is 108 cm³/mol. The molecular formula is C19H25N3O5S. The molecule has 0 saturated heterocycles. The van der Waals surface area contributed by atoms with Crippen LogP contribution in [0.5, 0.6) is 0 Å². The van der Waals surface area contributed by atoms with Crippen LogP contribution in [0.15, 0.2) is 47.1 Å². The van der Waals surface area contributed by atoms with Gasteiger partial charge >= 0.3 is 6.03 Å². The van der Waals surface area contributed by atoms with Gasteiger partial charge in [-0.05, 0) is 42.8 Å². The van der Waals surface area contributed by atoms with Gasteiger partial charge in [-0.1, -0.05) is 19.8 Å². The molecule has 0 unspecified atom stereocenters. The maximum atomic E-state index is 11.9. The van der Waals surface area contributed by atoms with Crippen molar-refractivity contribution in [1.82, 2.24) is 5.32 Å². The van der Waals surface area contributed by atoms with Crippen LogP contribution in [0.2, 0.25) is 0 Å². The van der Waals surface area contributed by atoms with Crippen LogP contribution in [-0.4, -0.2) is 31.9 Å². The van der Waals surface area contributed by atoms with Crippen LogP contribution in [0.4, 0.5) is 16.2 Å². The molecule has 1 aromatic carbocycles. The van der Waals surface area contributed by atoms with E-state index in [4.69, 9.17) is 4.42 Å². The number of benzene rings is 1. The first kappa shape index (κ1) is 21.5. The largest absolute Gasteiger partial charge is 0.467 e. The minimum absolute atomic E-state index is 0.0181. The van der Waals surface area contributed by atoms with Crippen molar-refractivity contribution in [2.45, 2.75) is 32.7 Å². The standard InChI is InChI=1S/C19H25N3O5S/c1-2-3-4-12-28(25,26)14-18(23)21-15-7-9-16(10-8-15)22-19(24)20-13-17-6-5-11-27-17/h5-11H,2-4,12-14H2,1H3,(H,21,23)(H2,20,22,24). The number of furan rings is 1. The van der Waals surface area contributed by atoms with E-state index in [2.05, 4.69) is 16.0 Å². The van der Waals surface area contributed by atoms with Crippen molar-refractivity contribution >= 4 is 33.2 Å². The van der Waals surface area contributed by atoms with Gasteiger partial charge in [0.1, 0.15) is 11.5 Å². The zero-order chi connectivity index (χ0) is 20.4. The van der Waals surface area contributed by atoms with E-state index in [1.165, 1.54) is 6.26 Å². The molecule has 2 aromatic rings. The Morgan fingerprint density at radius 3 is 2.29 bits per heavy atom. The number of hydrogen-bond donors (Lipinski definition) is 3. The van der Waals surface area contributed by atoms with Crippen LogP contribution < -0.4 is 16.0 Å². The highest BCUT2D eigenvalue weighted by atomic mass is 32.2. The van der Waals surface area contributed by atoms with Crippen LogP contribution in [0, 0.1) is 0 Å². The summed E-state index contributed by atoms with van der Waals surface area (Å²) in [5.41, 5.74) is 0.984. The monoisotopic (exact) mass is 407 g/mol. The number of rotatable bonds is 10. The van der Waals surface area contributed by atoms with Crippen LogP contribution in [0.3, 0.4) is 0 Å². The number of amides is 3. The Balaban J connectivity index is 1.78. The second kappa shape index (κ2) is 10.5. The van der Waals surface area contributed by atoms with Crippen LogP contribution in [0.1, 0.15) is 31.9 Å². The molecule has 3 amide bonds. The van der Waals surface area contributed by atoms with Crippen molar-refractivity contribution in [3.63, 3.8) is 0 Å². The molecule has 0 spiro atoms. The van der Waals surface area contributed by atoms with Crippen LogP contribution in [0.25, 0.3) is 0 Å². The lowest BCUT2D eigenvalue weighted by atomic mass is 10.3. The second-order valence-corrected chi connectivity index (χ2v) is 8.50. The van der Waals surface area contributed by atoms with Gasteiger partial charge in [0.25, 0.3) is 0 Å². The van der Waals surface area contributed by atoms with E-state index < -0.39 is 27.5 Å². The molecule has 3 N–H and O–H groups in total. The number of nitrogens with one attached hydrogen (secondary N) is 3. The minimum atomic E-state index is -3.41. The number of carbonyl (C=O) groups excluding carboxylic acids is 2. The fourth-order valence-corrected chi connectivity index (χ4v) is 3.69. The summed E-state index contributed by atoms with van der Waals surface area (Å²) in [7, 11) is -3.41. The Hall–Kier alpha value is -2.81. The Morgan fingerprint density at radius 1 is 1.00 bits per heavy atom. The summed E-state index contributed by atoms with van der Waals surface area (Å²) in [4.78, 5) is 23.8. The van der Waals surface area contributed by atoms with Gasteiger partial charge in [-0.2, -0.15) is 0 Å². The van der Waals surface area contributed by atoms with Crippen LogP contribution >= 0.6 is 0 Å². The van der Waals surface area contributed by atoms with Crippen molar-refractivity contribution in [2.75, 3.05) is 22.1 Å². The molecular weight excluding hydrogens is 382 g/mol. The molecule has 0 atom stereocenters. The second-order valence-electron chi connectivity index (χ2n) is 6.31. The number of urea groups is 1. The normalized spacial score (nSPS) is 11.0. The molecule has 9 heteroatoms. The molecule has 0 bridgehead atoms. The molecule has 28 heavy (non-hydrogen) atoms. The summed E-state index contributed by atoms with van der Waals surface area (Å²) in [6.45, 7) is 2.25. The number of sulfone groups is 1. The lowest BCUT2D eigenvalue weighted by Gasteiger charge is -2.09. The average Bonchev–Trinajstić information content (AvgIpc) is 3.15. The molecule has 0 aliphatic rings. The molecule has 1 heterocycles. The van der Waals surface area contributed by atoms with Crippen LogP contribution in [-0.2, 0) is 21.2 Å². The smallest absolute Gasteiger partial charge is 0.319 e. The van der Waals surface area contributed by atoms with Gasteiger partial charge < -0.3 is 20.4 Å². The third-order valence-corrected chi connectivity index (χ3v) is 5.45. The van der Waals surface area contributed by atoms with Gasteiger partial charge in [0.2, 0.25) is 5.91 Å². The van der Waals surface area contributed by atoms with Gasteiger partial charge in [-0.3, -0.25) is 4.79 Å². The SMILES string of the molecule is CCCCCS(=O)(=O)CC(=O)Nc1ccc(NC(=O)NCc2ccco2)cc1. The fourth-order valence-electron chi connectivity index (χ4n) is 2.43. The van der Waals surface area contributed by atoms with E-state index in [9.17, 15) is 18.0 Å². The summed E-state index contributed by atoms with van der Waals surface area (Å²) in [5, 5.41) is 7.85. The van der Waals surface area contributed by atoms with Crippen molar-refractivity contribution < 1.29 is 22.4 Å². The Morgan fingerprint density at radius 2 is 1.68 bits per heavy atom. The highest BCUT2D eigenvalue weighted by Crippen LogP contribution is 2.14. The van der Waals surface area contributed by atoms with E-state index in [1.54, 1.807) is 36.4 Å². The first-order valence-corrected chi connectivity index (χ1v) is 10.9. The Bertz CT molecular complexity index is 861. The third kappa shape index (κ3) is 7.83. The van der Waals surface area contributed by atoms with Crippen molar-refractivity contribution in [1.29, 1.82) is 0 Å². The van der Waals surface area contributed by atoms with Crippen molar-refractivity contribution in [2.24, 2.45) is 0 Å². The third-order valence-electron chi connectivity index (χ3n) is 3.84. The van der Waals surface area contributed by atoms with Gasteiger partial charge in [0.05, 0.1) is 18.6 Å². The molecule has 0 saturated carbocycles. The molecule has 2 rings (SSSR count). The predicted octanol–water partition coefficient (Wildman–Crippen LogP) is 3.14. The Labute approximate surface area is 164 Å². The van der Waals surface area contributed by atoms with Crippen molar-refractivity contribution in [3.8, 4) is 0 Å². The highest BCUT2D eigenvalue weighted by Gasteiger charge is 2.16. The molecule has 0 aliphatic heterocycles. The first-order valence-electron chi connectivity index (χ1n) is 9.05. The van der Waals surface area contributed by atoms with Gasteiger partial charge in [-0.25, -0.2) is 13.2 Å². The molecule has 152 valence electrons. The minimum Gasteiger partial charge on any atom is -0.467 e. The summed E-state index contributed by atoms with van der Waals surface area (Å²) in [6, 6.07) is 9.48. The lowest BCUT2D eigenvalue weighted by Crippen LogP contribution is -2.28. The molecule has 8 nitrogen and oxygen atoms in total. The number of anilines is 2. The number of carbonyl (C=O) groups is 2. The summed E-state index contributed by atoms with van der Waals surface area (Å²) in [5.74, 6) is -0.456. The molecule has 0 aliphatic carbocycles. The molecule has 0 radical (unpaired) electrons. The topological polar surface area (TPSA) is 118 Å². The fraction of sp³-hybridized carbons (Fsp3) is 0.368. The van der Waals surface area contributed by atoms with Gasteiger partial charge in [0.15, 0.2) is 9.84 Å². The highest BCUT2D eigenvalue weighted by molar-refractivity contribution is 7.92. The van der Waals surface area contributed by atoms with E-state index in [0.29, 0.717) is 23.6 Å². The summed E-state index contributed by atoms with van der Waals surface area (Å²) < 4.78 is 28.9. The zero-order valence-electron chi connectivity index (χ0n) is 15.7. The van der Waals surface area contributed by atoms with E-state index in [-0.39, 0.29) is 12.3 Å². The zero-order valence-corrected chi connectivity index (χ0v) is 16.6.